The van der Waals surface area contributed by atoms with E-state index in [1.165, 1.54) is 0 Å². The van der Waals surface area contributed by atoms with Crippen molar-refractivity contribution in [3.8, 4) is 5.75 Å². The molecule has 0 saturated carbocycles. The molecule has 0 amide bonds. The second kappa shape index (κ2) is 6.82. The Hall–Kier alpha value is -1.20. The van der Waals surface area contributed by atoms with Gasteiger partial charge >= 0.3 is 5.97 Å². The molecule has 1 saturated heterocycles. The van der Waals surface area contributed by atoms with Gasteiger partial charge in [-0.15, -0.1) is 0 Å². The molecule has 5 heteroatoms. The van der Waals surface area contributed by atoms with Gasteiger partial charge in [-0.3, -0.25) is 4.79 Å². The molecule has 3 N–H and O–H groups in total. The Balaban J connectivity index is 1.99. The predicted octanol–water partition coefficient (Wildman–Crippen LogP) is 2.09. The van der Waals surface area contributed by atoms with Crippen LogP contribution in [0.5, 0.6) is 5.75 Å². The Kier molecular flexibility index (Phi) is 5.10. The molecule has 1 aliphatic heterocycles. The normalized spacial score (nSPS) is 17.9. The smallest absolute Gasteiger partial charge is 0.312 e. The van der Waals surface area contributed by atoms with Gasteiger partial charge in [0.15, 0.2) is 0 Å². The third-order valence-corrected chi connectivity index (χ3v) is 4.34. The van der Waals surface area contributed by atoms with Crippen LogP contribution in [0.3, 0.4) is 0 Å². The SMILES string of the molecule is NCC(C(=O)O)c1ccc(OC2CCSCC2)cc1. The highest BCUT2D eigenvalue weighted by Gasteiger charge is 2.18. The summed E-state index contributed by atoms with van der Waals surface area (Å²) in [6, 6.07) is 7.25. The van der Waals surface area contributed by atoms with Crippen LogP contribution in [0.4, 0.5) is 0 Å². The van der Waals surface area contributed by atoms with E-state index in [2.05, 4.69) is 0 Å². The monoisotopic (exact) mass is 281 g/mol. The van der Waals surface area contributed by atoms with E-state index in [4.69, 9.17) is 15.6 Å². The van der Waals surface area contributed by atoms with Gasteiger partial charge in [0.25, 0.3) is 0 Å². The summed E-state index contributed by atoms with van der Waals surface area (Å²) in [4.78, 5) is 11.0. The van der Waals surface area contributed by atoms with Crippen molar-refractivity contribution in [1.29, 1.82) is 0 Å². The van der Waals surface area contributed by atoms with Crippen molar-refractivity contribution in [2.45, 2.75) is 24.9 Å². The quantitative estimate of drug-likeness (QED) is 0.864. The van der Waals surface area contributed by atoms with E-state index in [9.17, 15) is 4.79 Å². The van der Waals surface area contributed by atoms with Crippen LogP contribution in [0, 0.1) is 0 Å². The zero-order valence-corrected chi connectivity index (χ0v) is 11.6. The molecule has 4 nitrogen and oxygen atoms in total. The molecule has 0 aliphatic carbocycles. The summed E-state index contributed by atoms with van der Waals surface area (Å²) in [5.74, 6) is 1.58. The molecule has 1 atom stereocenters. The summed E-state index contributed by atoms with van der Waals surface area (Å²) < 4.78 is 5.89. The number of hydrogen-bond acceptors (Lipinski definition) is 4. The minimum Gasteiger partial charge on any atom is -0.490 e. The van der Waals surface area contributed by atoms with Gasteiger partial charge in [0.2, 0.25) is 0 Å². The summed E-state index contributed by atoms with van der Waals surface area (Å²) in [7, 11) is 0. The lowest BCUT2D eigenvalue weighted by Crippen LogP contribution is -2.22. The third-order valence-electron chi connectivity index (χ3n) is 3.29. The number of thioether (sulfide) groups is 1. The van der Waals surface area contributed by atoms with Crippen LogP contribution < -0.4 is 10.5 Å². The Labute approximate surface area is 117 Å². The van der Waals surface area contributed by atoms with E-state index >= 15 is 0 Å². The van der Waals surface area contributed by atoms with E-state index in [1.807, 2.05) is 23.9 Å². The van der Waals surface area contributed by atoms with Crippen LogP contribution in [-0.2, 0) is 4.79 Å². The number of hydrogen-bond donors (Lipinski definition) is 2. The second-order valence-electron chi connectivity index (χ2n) is 4.63. The first-order valence-corrected chi connectivity index (χ1v) is 7.63. The molecule has 1 fully saturated rings. The Bertz CT molecular complexity index is 415. The first-order valence-electron chi connectivity index (χ1n) is 6.48. The lowest BCUT2D eigenvalue weighted by Gasteiger charge is -2.23. The largest absolute Gasteiger partial charge is 0.490 e. The van der Waals surface area contributed by atoms with Crippen molar-refractivity contribution in [3.63, 3.8) is 0 Å². The van der Waals surface area contributed by atoms with Gasteiger partial charge in [0.1, 0.15) is 11.9 Å². The minimum absolute atomic E-state index is 0.107. The molecule has 1 aromatic rings. The molecule has 104 valence electrons. The molecule has 0 aromatic heterocycles. The standard InChI is InChI=1S/C14H19NO3S/c15-9-13(14(16)17)10-1-3-11(4-2-10)18-12-5-7-19-8-6-12/h1-4,12-13H,5-9,15H2,(H,16,17). The van der Waals surface area contributed by atoms with E-state index in [0.717, 1.165) is 35.7 Å². The summed E-state index contributed by atoms with van der Waals surface area (Å²) in [6.07, 6.45) is 2.44. The van der Waals surface area contributed by atoms with Crippen LogP contribution in [0.1, 0.15) is 24.3 Å². The average Bonchev–Trinajstić information content (AvgIpc) is 2.42. The Morgan fingerprint density at radius 3 is 2.53 bits per heavy atom. The van der Waals surface area contributed by atoms with Crippen molar-refractivity contribution in [2.24, 2.45) is 5.73 Å². The summed E-state index contributed by atoms with van der Waals surface area (Å²) in [5, 5.41) is 9.04. The van der Waals surface area contributed by atoms with Gasteiger partial charge in [0, 0.05) is 6.54 Å². The van der Waals surface area contributed by atoms with Gasteiger partial charge < -0.3 is 15.6 Å². The minimum atomic E-state index is -0.888. The first kappa shape index (κ1) is 14.2. The molecule has 0 spiro atoms. The molecule has 0 bridgehead atoms. The molecule has 2 rings (SSSR count). The molecule has 19 heavy (non-hydrogen) atoms. The second-order valence-corrected chi connectivity index (χ2v) is 5.85. The maximum atomic E-state index is 11.0. The van der Waals surface area contributed by atoms with Crippen molar-refractivity contribution in [3.05, 3.63) is 29.8 Å². The van der Waals surface area contributed by atoms with Gasteiger partial charge in [-0.25, -0.2) is 0 Å². The van der Waals surface area contributed by atoms with Crippen molar-refractivity contribution in [1.82, 2.24) is 0 Å². The number of ether oxygens (including phenoxy) is 1. The Morgan fingerprint density at radius 1 is 1.37 bits per heavy atom. The molecule has 0 radical (unpaired) electrons. The fourth-order valence-corrected chi connectivity index (χ4v) is 3.21. The van der Waals surface area contributed by atoms with Crippen LogP contribution in [-0.4, -0.2) is 35.2 Å². The number of carbonyl (C=O) groups is 1. The highest BCUT2D eigenvalue weighted by molar-refractivity contribution is 7.99. The highest BCUT2D eigenvalue weighted by atomic mass is 32.2. The van der Waals surface area contributed by atoms with Gasteiger partial charge in [-0.2, -0.15) is 11.8 Å². The predicted molar refractivity (Wildman–Crippen MR) is 76.8 cm³/mol. The molecular weight excluding hydrogens is 262 g/mol. The zero-order chi connectivity index (χ0) is 13.7. The maximum absolute atomic E-state index is 11.0. The van der Waals surface area contributed by atoms with Crippen molar-refractivity contribution >= 4 is 17.7 Å². The topological polar surface area (TPSA) is 72.6 Å². The molecule has 1 aliphatic rings. The van der Waals surface area contributed by atoms with Gasteiger partial charge in [-0.05, 0) is 42.0 Å². The number of carboxylic acid groups (broad SMARTS) is 1. The van der Waals surface area contributed by atoms with Crippen LogP contribution in [0.15, 0.2) is 24.3 Å². The fourth-order valence-electron chi connectivity index (χ4n) is 2.14. The van der Waals surface area contributed by atoms with Crippen LogP contribution in [0.2, 0.25) is 0 Å². The van der Waals surface area contributed by atoms with E-state index in [-0.39, 0.29) is 12.6 Å². The summed E-state index contributed by atoms with van der Waals surface area (Å²) >= 11 is 1.96. The number of benzene rings is 1. The molecule has 1 heterocycles. The number of nitrogens with two attached hydrogens (primary N) is 1. The summed E-state index contributed by atoms with van der Waals surface area (Å²) in [5.41, 5.74) is 6.20. The lowest BCUT2D eigenvalue weighted by atomic mass is 9.99. The van der Waals surface area contributed by atoms with Crippen molar-refractivity contribution in [2.75, 3.05) is 18.1 Å². The van der Waals surface area contributed by atoms with E-state index in [1.54, 1.807) is 12.1 Å². The summed E-state index contributed by atoms with van der Waals surface area (Å²) in [6.45, 7) is 0.107. The highest BCUT2D eigenvalue weighted by Crippen LogP contribution is 2.24. The van der Waals surface area contributed by atoms with Gasteiger partial charge in [0.05, 0.1) is 5.92 Å². The molecule has 1 unspecified atom stereocenters. The third kappa shape index (κ3) is 3.88. The number of aliphatic carboxylic acids is 1. The van der Waals surface area contributed by atoms with E-state index in [0.29, 0.717) is 0 Å². The lowest BCUT2D eigenvalue weighted by molar-refractivity contribution is -0.138. The molecule has 1 aromatic carbocycles. The number of rotatable bonds is 5. The van der Waals surface area contributed by atoms with E-state index < -0.39 is 11.9 Å². The average molecular weight is 281 g/mol. The zero-order valence-electron chi connectivity index (χ0n) is 10.7. The number of carboxylic acids is 1. The van der Waals surface area contributed by atoms with Crippen molar-refractivity contribution < 1.29 is 14.6 Å². The fraction of sp³-hybridized carbons (Fsp3) is 0.500. The van der Waals surface area contributed by atoms with Crippen LogP contribution >= 0.6 is 11.8 Å². The maximum Gasteiger partial charge on any atom is 0.312 e. The first-order chi connectivity index (χ1) is 9.20. The van der Waals surface area contributed by atoms with Gasteiger partial charge in [-0.1, -0.05) is 12.1 Å². The molecular formula is C14H19NO3S. The Morgan fingerprint density at radius 2 is 2.00 bits per heavy atom. The van der Waals surface area contributed by atoms with Crippen LogP contribution in [0.25, 0.3) is 0 Å².